The zero-order valence-corrected chi connectivity index (χ0v) is 18.0. The topological polar surface area (TPSA) is 134 Å². The first-order valence-corrected chi connectivity index (χ1v) is 11.3. The van der Waals surface area contributed by atoms with Crippen molar-refractivity contribution < 1.29 is 22.3 Å². The van der Waals surface area contributed by atoms with Gasteiger partial charge in [-0.15, -0.1) is 0 Å². The molecule has 0 aliphatic carbocycles. The summed E-state index contributed by atoms with van der Waals surface area (Å²) >= 11 is 0. The second kappa shape index (κ2) is 9.23. The van der Waals surface area contributed by atoms with Gasteiger partial charge in [0.1, 0.15) is 12.1 Å². The molecular formula is C20H22N4O6S. The van der Waals surface area contributed by atoms with Crippen LogP contribution < -0.4 is 10.1 Å². The van der Waals surface area contributed by atoms with E-state index in [1.54, 1.807) is 6.92 Å². The summed E-state index contributed by atoms with van der Waals surface area (Å²) in [5, 5.41) is 15.4. The Morgan fingerprint density at radius 3 is 2.52 bits per heavy atom. The van der Waals surface area contributed by atoms with Gasteiger partial charge in [0.05, 0.1) is 16.7 Å². The minimum absolute atomic E-state index is 0.109. The lowest BCUT2D eigenvalue weighted by Gasteiger charge is -2.18. The first-order valence-electron chi connectivity index (χ1n) is 9.47. The van der Waals surface area contributed by atoms with Crippen LogP contribution in [0.5, 0.6) is 5.75 Å². The maximum atomic E-state index is 11.7. The molecule has 0 radical (unpaired) electrons. The molecule has 1 aromatic heterocycles. The van der Waals surface area contributed by atoms with E-state index in [0.717, 1.165) is 11.8 Å². The van der Waals surface area contributed by atoms with Crippen molar-refractivity contribution in [1.82, 2.24) is 9.97 Å². The molecule has 2 aromatic carbocycles. The van der Waals surface area contributed by atoms with E-state index < -0.39 is 21.3 Å². The number of nitrogens with one attached hydrogen (secondary N) is 1. The summed E-state index contributed by atoms with van der Waals surface area (Å²) in [5.74, 6) is 0.282. The smallest absolute Gasteiger partial charge is 0.311 e. The summed E-state index contributed by atoms with van der Waals surface area (Å²) in [7, 11) is -3.81. The molecule has 31 heavy (non-hydrogen) atoms. The Labute approximate surface area is 179 Å². The third-order valence-corrected chi connectivity index (χ3v) is 5.00. The van der Waals surface area contributed by atoms with E-state index in [4.69, 9.17) is 8.92 Å². The second-order valence-corrected chi connectivity index (χ2v) is 8.45. The van der Waals surface area contributed by atoms with Crippen molar-refractivity contribution in [2.45, 2.75) is 32.6 Å². The fraction of sp³-hybridized carbons (Fsp3) is 0.300. The highest BCUT2D eigenvalue weighted by atomic mass is 32.2. The average molecular weight is 446 g/mol. The SMILES string of the molecule is CCC(Oc1cc2ncnc(NC(C)c3ccccc3)c2cc1[N+](=O)[O-])OS(C)(=O)=O. The van der Waals surface area contributed by atoms with Gasteiger partial charge < -0.3 is 10.1 Å². The predicted octanol–water partition coefficient (Wildman–Crippen LogP) is 3.80. The van der Waals surface area contributed by atoms with E-state index in [1.165, 1.54) is 18.5 Å². The van der Waals surface area contributed by atoms with Crippen LogP contribution in [0.25, 0.3) is 10.9 Å². The molecule has 0 bridgehead atoms. The average Bonchev–Trinajstić information content (AvgIpc) is 2.72. The zero-order valence-electron chi connectivity index (χ0n) is 17.2. The minimum atomic E-state index is -3.81. The van der Waals surface area contributed by atoms with Gasteiger partial charge in [0.2, 0.25) is 12.0 Å². The lowest BCUT2D eigenvalue weighted by Crippen LogP contribution is -2.23. The van der Waals surface area contributed by atoms with E-state index in [1.807, 2.05) is 37.3 Å². The highest BCUT2D eigenvalue weighted by molar-refractivity contribution is 7.86. The van der Waals surface area contributed by atoms with Crippen molar-refractivity contribution >= 4 is 32.5 Å². The number of anilines is 1. The van der Waals surface area contributed by atoms with Gasteiger partial charge in [-0.25, -0.2) is 14.2 Å². The number of nitro groups is 1. The number of fused-ring (bicyclic) bond motifs is 1. The summed E-state index contributed by atoms with van der Waals surface area (Å²) in [4.78, 5) is 19.5. The van der Waals surface area contributed by atoms with Gasteiger partial charge in [0.15, 0.2) is 0 Å². The first-order chi connectivity index (χ1) is 14.7. The molecule has 10 nitrogen and oxygen atoms in total. The van der Waals surface area contributed by atoms with Crippen LogP contribution in [0.4, 0.5) is 11.5 Å². The Kier molecular flexibility index (Phi) is 6.66. The maximum absolute atomic E-state index is 11.7. The molecule has 3 aromatic rings. The Hall–Kier alpha value is -3.31. The molecule has 0 fully saturated rings. The molecule has 0 spiro atoms. The number of hydrogen-bond donors (Lipinski definition) is 1. The second-order valence-electron chi connectivity index (χ2n) is 6.85. The highest BCUT2D eigenvalue weighted by Crippen LogP contribution is 2.35. The summed E-state index contributed by atoms with van der Waals surface area (Å²) in [6, 6.07) is 12.2. The fourth-order valence-corrected chi connectivity index (χ4v) is 3.53. The number of rotatable bonds is 9. The van der Waals surface area contributed by atoms with Gasteiger partial charge in [-0.2, -0.15) is 8.42 Å². The van der Waals surface area contributed by atoms with E-state index in [-0.39, 0.29) is 23.9 Å². The fourth-order valence-electron chi connectivity index (χ4n) is 2.96. The van der Waals surface area contributed by atoms with Crippen molar-refractivity contribution in [3.8, 4) is 5.75 Å². The van der Waals surface area contributed by atoms with Crippen LogP contribution in [0.2, 0.25) is 0 Å². The molecule has 3 rings (SSSR count). The lowest BCUT2D eigenvalue weighted by atomic mass is 10.1. The molecule has 164 valence electrons. The zero-order chi connectivity index (χ0) is 22.6. The summed E-state index contributed by atoms with van der Waals surface area (Å²) in [5.41, 5.74) is 1.06. The minimum Gasteiger partial charge on any atom is -0.456 e. The quantitative estimate of drug-likeness (QED) is 0.225. The normalized spacial score (nSPS) is 13.5. The molecule has 0 saturated carbocycles. The number of nitro benzene ring substituents is 1. The van der Waals surface area contributed by atoms with Gasteiger partial charge in [-0.05, 0) is 12.5 Å². The Morgan fingerprint density at radius 1 is 1.19 bits per heavy atom. The van der Waals surface area contributed by atoms with Gasteiger partial charge in [0.25, 0.3) is 10.1 Å². The molecule has 1 N–H and O–H groups in total. The third kappa shape index (κ3) is 5.64. The van der Waals surface area contributed by atoms with Gasteiger partial charge in [-0.3, -0.25) is 10.1 Å². The van der Waals surface area contributed by atoms with Crippen molar-refractivity contribution in [2.75, 3.05) is 11.6 Å². The highest BCUT2D eigenvalue weighted by Gasteiger charge is 2.24. The van der Waals surface area contributed by atoms with Crippen LogP contribution in [0, 0.1) is 10.1 Å². The van der Waals surface area contributed by atoms with Gasteiger partial charge in [-0.1, -0.05) is 37.3 Å². The number of aromatic nitrogens is 2. The lowest BCUT2D eigenvalue weighted by molar-refractivity contribution is -0.386. The molecule has 2 unspecified atom stereocenters. The maximum Gasteiger partial charge on any atom is 0.311 e. The molecular weight excluding hydrogens is 424 g/mol. The predicted molar refractivity (Wildman–Crippen MR) is 115 cm³/mol. The van der Waals surface area contributed by atoms with Crippen molar-refractivity contribution in [3.63, 3.8) is 0 Å². The summed E-state index contributed by atoms with van der Waals surface area (Å²) in [6.45, 7) is 3.58. The molecule has 0 aliphatic rings. The van der Waals surface area contributed by atoms with Crippen molar-refractivity contribution in [1.29, 1.82) is 0 Å². The van der Waals surface area contributed by atoms with Gasteiger partial charge in [0, 0.05) is 30.0 Å². The molecule has 0 aliphatic heterocycles. The molecule has 0 amide bonds. The standard InChI is InChI=1S/C20H22N4O6S/c1-4-19(30-31(3,27)28)29-18-11-16-15(10-17(18)24(25)26)20(22-12-21-16)23-13(2)14-8-6-5-7-9-14/h5-13,19H,4H2,1-3H3,(H,21,22,23). The van der Waals surface area contributed by atoms with E-state index in [0.29, 0.717) is 16.7 Å². The van der Waals surface area contributed by atoms with Crippen LogP contribution in [0.15, 0.2) is 48.8 Å². The summed E-state index contributed by atoms with van der Waals surface area (Å²) in [6.07, 6.45) is 1.17. The van der Waals surface area contributed by atoms with Gasteiger partial charge >= 0.3 is 5.69 Å². The van der Waals surface area contributed by atoms with Crippen LogP contribution in [0.3, 0.4) is 0 Å². The molecule has 2 atom stereocenters. The molecule has 0 saturated heterocycles. The number of ether oxygens (including phenoxy) is 1. The number of nitrogens with zero attached hydrogens (tertiary/aromatic N) is 3. The van der Waals surface area contributed by atoms with Crippen LogP contribution in [-0.4, -0.2) is 35.9 Å². The Balaban J connectivity index is 2.00. The largest absolute Gasteiger partial charge is 0.456 e. The summed E-state index contributed by atoms with van der Waals surface area (Å²) < 4.78 is 33.2. The van der Waals surface area contributed by atoms with Crippen molar-refractivity contribution in [2.24, 2.45) is 0 Å². The number of benzene rings is 2. The first kappa shape index (κ1) is 22.4. The van der Waals surface area contributed by atoms with E-state index >= 15 is 0 Å². The Bertz CT molecular complexity index is 1190. The Morgan fingerprint density at radius 2 is 1.90 bits per heavy atom. The monoisotopic (exact) mass is 446 g/mol. The molecule has 1 heterocycles. The van der Waals surface area contributed by atoms with Crippen LogP contribution in [-0.2, 0) is 14.3 Å². The number of hydrogen-bond acceptors (Lipinski definition) is 9. The van der Waals surface area contributed by atoms with Crippen molar-refractivity contribution in [3.05, 3.63) is 64.5 Å². The molecule has 11 heteroatoms. The van der Waals surface area contributed by atoms with E-state index in [2.05, 4.69) is 15.3 Å². The van der Waals surface area contributed by atoms with E-state index in [9.17, 15) is 18.5 Å². The third-order valence-electron chi connectivity index (χ3n) is 4.44. The van der Waals surface area contributed by atoms with Crippen LogP contribution in [0.1, 0.15) is 31.9 Å². The van der Waals surface area contributed by atoms with Crippen LogP contribution >= 0.6 is 0 Å².